The van der Waals surface area contributed by atoms with Gasteiger partial charge < -0.3 is 24.6 Å². The average Bonchev–Trinajstić information content (AvgIpc) is 3.24. The Hall–Kier alpha value is -2.09. The summed E-state index contributed by atoms with van der Waals surface area (Å²) in [4.78, 5) is 20.0. The molecule has 4 rings (SSSR count). The summed E-state index contributed by atoms with van der Waals surface area (Å²) in [5.41, 5.74) is 4.42. The van der Waals surface area contributed by atoms with Crippen LogP contribution in [0.15, 0.2) is 24.3 Å². The van der Waals surface area contributed by atoms with E-state index in [9.17, 15) is 4.79 Å². The summed E-state index contributed by atoms with van der Waals surface area (Å²) in [6.45, 7) is 10.7. The van der Waals surface area contributed by atoms with Gasteiger partial charge in [-0.25, -0.2) is 0 Å². The van der Waals surface area contributed by atoms with Crippen molar-refractivity contribution in [2.45, 2.75) is 33.1 Å². The summed E-state index contributed by atoms with van der Waals surface area (Å²) in [5, 5.41) is 3.21. The van der Waals surface area contributed by atoms with E-state index >= 15 is 0 Å². The number of amides is 1. The van der Waals surface area contributed by atoms with Crippen LogP contribution in [0.5, 0.6) is 0 Å². The SMILES string of the molecule is CCCc1sc(C(=O)Nc2ccc(N3CCOCC3)cc2N2CCOCC2)cc1CC. The maximum absolute atomic E-state index is 13.2. The Bertz CT molecular complexity index is 886. The highest BCUT2D eigenvalue weighted by Crippen LogP contribution is 2.33. The zero-order chi connectivity index (χ0) is 21.6. The van der Waals surface area contributed by atoms with Crippen LogP contribution in [0.25, 0.3) is 0 Å². The van der Waals surface area contributed by atoms with Crippen LogP contribution >= 0.6 is 11.3 Å². The Labute approximate surface area is 189 Å². The Morgan fingerprint density at radius 1 is 1.00 bits per heavy atom. The van der Waals surface area contributed by atoms with E-state index in [1.807, 2.05) is 0 Å². The van der Waals surface area contributed by atoms with Crippen LogP contribution in [-0.4, -0.2) is 58.5 Å². The fourth-order valence-electron chi connectivity index (χ4n) is 4.21. The molecule has 0 spiro atoms. The Morgan fingerprint density at radius 2 is 1.68 bits per heavy atom. The van der Waals surface area contributed by atoms with Gasteiger partial charge in [0.15, 0.2) is 0 Å². The third-order valence-electron chi connectivity index (χ3n) is 5.94. The molecule has 168 valence electrons. The second-order valence-electron chi connectivity index (χ2n) is 8.02. The molecule has 7 heteroatoms. The molecule has 0 aliphatic carbocycles. The van der Waals surface area contributed by atoms with Crippen molar-refractivity contribution in [3.05, 3.63) is 39.6 Å². The summed E-state index contributed by atoms with van der Waals surface area (Å²) in [6, 6.07) is 8.44. The van der Waals surface area contributed by atoms with Gasteiger partial charge in [0, 0.05) is 36.7 Å². The van der Waals surface area contributed by atoms with E-state index in [1.54, 1.807) is 11.3 Å². The maximum atomic E-state index is 13.2. The number of hydrogen-bond acceptors (Lipinski definition) is 6. The molecule has 2 aliphatic heterocycles. The molecular formula is C24H33N3O3S. The molecule has 2 fully saturated rings. The number of thiophene rings is 1. The van der Waals surface area contributed by atoms with Crippen LogP contribution in [0.1, 0.15) is 40.4 Å². The fraction of sp³-hybridized carbons (Fsp3) is 0.542. The molecule has 0 unspecified atom stereocenters. The van der Waals surface area contributed by atoms with Crippen molar-refractivity contribution in [2.24, 2.45) is 0 Å². The Morgan fingerprint density at radius 3 is 2.32 bits per heavy atom. The minimum Gasteiger partial charge on any atom is -0.378 e. The number of nitrogens with zero attached hydrogens (tertiary/aromatic N) is 2. The number of carbonyl (C=O) groups is 1. The number of aryl methyl sites for hydroxylation is 2. The van der Waals surface area contributed by atoms with Crippen LogP contribution < -0.4 is 15.1 Å². The van der Waals surface area contributed by atoms with Gasteiger partial charge in [-0.3, -0.25) is 4.79 Å². The van der Waals surface area contributed by atoms with Crippen molar-refractivity contribution in [2.75, 3.05) is 67.7 Å². The van der Waals surface area contributed by atoms with Gasteiger partial charge in [0.2, 0.25) is 0 Å². The van der Waals surface area contributed by atoms with Gasteiger partial charge >= 0.3 is 0 Å². The predicted molar refractivity (Wildman–Crippen MR) is 128 cm³/mol. The van der Waals surface area contributed by atoms with E-state index in [0.29, 0.717) is 13.2 Å². The van der Waals surface area contributed by atoms with Gasteiger partial charge in [-0.2, -0.15) is 0 Å². The number of hydrogen-bond donors (Lipinski definition) is 1. The average molecular weight is 444 g/mol. The molecule has 31 heavy (non-hydrogen) atoms. The molecule has 2 saturated heterocycles. The molecule has 1 N–H and O–H groups in total. The monoisotopic (exact) mass is 443 g/mol. The lowest BCUT2D eigenvalue weighted by Crippen LogP contribution is -2.38. The zero-order valence-corrected chi connectivity index (χ0v) is 19.4. The van der Waals surface area contributed by atoms with E-state index in [-0.39, 0.29) is 5.91 Å². The summed E-state index contributed by atoms with van der Waals surface area (Å²) >= 11 is 1.64. The number of benzene rings is 1. The quantitative estimate of drug-likeness (QED) is 0.696. The zero-order valence-electron chi connectivity index (χ0n) is 18.6. The van der Waals surface area contributed by atoms with E-state index < -0.39 is 0 Å². The topological polar surface area (TPSA) is 54.0 Å². The maximum Gasteiger partial charge on any atom is 0.265 e. The molecule has 3 heterocycles. The minimum absolute atomic E-state index is 0.0179. The molecule has 0 atom stereocenters. The van der Waals surface area contributed by atoms with Crippen LogP contribution in [-0.2, 0) is 22.3 Å². The highest BCUT2D eigenvalue weighted by Gasteiger charge is 2.21. The Balaban J connectivity index is 1.59. The van der Waals surface area contributed by atoms with Crippen molar-refractivity contribution in [3.63, 3.8) is 0 Å². The van der Waals surface area contributed by atoms with Crippen molar-refractivity contribution >= 4 is 34.3 Å². The molecule has 2 aliphatic rings. The molecule has 0 saturated carbocycles. The normalized spacial score (nSPS) is 17.1. The molecule has 0 bridgehead atoms. The molecule has 0 radical (unpaired) electrons. The molecule has 1 aromatic carbocycles. The van der Waals surface area contributed by atoms with Gasteiger partial charge in [-0.15, -0.1) is 11.3 Å². The van der Waals surface area contributed by atoms with E-state index in [2.05, 4.69) is 53.2 Å². The number of carbonyl (C=O) groups excluding carboxylic acids is 1. The number of ether oxygens (including phenoxy) is 2. The van der Waals surface area contributed by atoms with Gasteiger partial charge in [-0.1, -0.05) is 20.3 Å². The van der Waals surface area contributed by atoms with Crippen molar-refractivity contribution in [3.8, 4) is 0 Å². The molecule has 6 nitrogen and oxygen atoms in total. The van der Waals surface area contributed by atoms with Gasteiger partial charge in [0.05, 0.1) is 42.7 Å². The number of anilines is 3. The largest absolute Gasteiger partial charge is 0.378 e. The van der Waals surface area contributed by atoms with Crippen LogP contribution in [0.4, 0.5) is 17.1 Å². The van der Waals surface area contributed by atoms with Crippen molar-refractivity contribution < 1.29 is 14.3 Å². The van der Waals surface area contributed by atoms with Crippen molar-refractivity contribution in [1.29, 1.82) is 0 Å². The number of nitrogens with one attached hydrogen (secondary N) is 1. The molecule has 1 aromatic heterocycles. The summed E-state index contributed by atoms with van der Waals surface area (Å²) in [7, 11) is 0. The first-order valence-electron chi connectivity index (χ1n) is 11.4. The fourth-order valence-corrected chi connectivity index (χ4v) is 5.46. The van der Waals surface area contributed by atoms with Crippen LogP contribution in [0, 0.1) is 0 Å². The van der Waals surface area contributed by atoms with E-state index in [1.165, 1.54) is 16.1 Å². The number of rotatable bonds is 7. The van der Waals surface area contributed by atoms with Crippen molar-refractivity contribution in [1.82, 2.24) is 0 Å². The third kappa shape index (κ3) is 5.22. The molecular weight excluding hydrogens is 410 g/mol. The number of morpholine rings is 2. The minimum atomic E-state index is -0.0179. The predicted octanol–water partition coefficient (Wildman–Crippen LogP) is 4.19. The smallest absolute Gasteiger partial charge is 0.265 e. The van der Waals surface area contributed by atoms with Gasteiger partial charge in [0.1, 0.15) is 0 Å². The van der Waals surface area contributed by atoms with Gasteiger partial charge in [0.25, 0.3) is 5.91 Å². The lowest BCUT2D eigenvalue weighted by atomic mass is 10.1. The molecule has 1 amide bonds. The molecule has 2 aromatic rings. The summed E-state index contributed by atoms with van der Waals surface area (Å²) in [5.74, 6) is -0.0179. The third-order valence-corrected chi connectivity index (χ3v) is 7.17. The summed E-state index contributed by atoms with van der Waals surface area (Å²) in [6.07, 6.45) is 3.10. The second-order valence-corrected chi connectivity index (χ2v) is 9.15. The Kier molecular flexibility index (Phi) is 7.48. The second kappa shape index (κ2) is 10.5. The summed E-state index contributed by atoms with van der Waals surface area (Å²) < 4.78 is 11.1. The highest BCUT2D eigenvalue weighted by molar-refractivity contribution is 7.14. The van der Waals surface area contributed by atoms with Crippen LogP contribution in [0.3, 0.4) is 0 Å². The van der Waals surface area contributed by atoms with Crippen LogP contribution in [0.2, 0.25) is 0 Å². The van der Waals surface area contributed by atoms with E-state index in [4.69, 9.17) is 9.47 Å². The highest BCUT2D eigenvalue weighted by atomic mass is 32.1. The first kappa shape index (κ1) is 22.1. The first-order chi connectivity index (χ1) is 15.2. The first-order valence-corrected chi connectivity index (χ1v) is 12.2. The van der Waals surface area contributed by atoms with Gasteiger partial charge in [-0.05, 0) is 42.7 Å². The lowest BCUT2D eigenvalue weighted by Gasteiger charge is -2.33. The van der Waals surface area contributed by atoms with E-state index in [0.717, 1.165) is 74.9 Å². The standard InChI is InChI=1S/C24H33N3O3S/c1-3-5-22-18(4-2)16-23(31-22)24(28)25-20-7-6-19(26-8-12-29-13-9-26)17-21(20)27-10-14-30-15-11-27/h6-7,16-17H,3-5,8-15H2,1-2H3,(H,25,28). The lowest BCUT2D eigenvalue weighted by molar-refractivity contribution is 0.103.